The number of benzene rings is 1. The predicted molar refractivity (Wildman–Crippen MR) is 128 cm³/mol. The maximum Gasteiger partial charge on any atom is 0.425 e. The van der Waals surface area contributed by atoms with Crippen molar-refractivity contribution in [3.63, 3.8) is 0 Å². The van der Waals surface area contributed by atoms with E-state index in [4.69, 9.17) is 23.2 Å². The third-order valence-corrected chi connectivity index (χ3v) is 5.25. The summed E-state index contributed by atoms with van der Waals surface area (Å²) in [4.78, 5) is 41.6. The van der Waals surface area contributed by atoms with Crippen LogP contribution in [-0.2, 0) is 4.74 Å². The predicted octanol–water partition coefficient (Wildman–Crippen LogP) is 4.26. The highest BCUT2D eigenvalue weighted by Gasteiger charge is 2.23. The molecule has 3 amide bonds. The summed E-state index contributed by atoms with van der Waals surface area (Å²) in [5.74, 6) is -0.954. The number of anilines is 1. The smallest absolute Gasteiger partial charge is 0.425 e. The number of nitrogens with zero attached hydrogens (tertiary/aromatic N) is 3. The van der Waals surface area contributed by atoms with Crippen molar-refractivity contribution in [2.75, 3.05) is 12.4 Å². The van der Waals surface area contributed by atoms with Gasteiger partial charge >= 0.3 is 6.09 Å². The van der Waals surface area contributed by atoms with Crippen molar-refractivity contribution in [1.29, 1.82) is 0 Å². The molecule has 0 saturated heterocycles. The minimum Gasteiger partial charge on any atom is -0.452 e. The fourth-order valence-electron chi connectivity index (χ4n) is 3.03. The third-order valence-electron chi connectivity index (χ3n) is 4.74. The average Bonchev–Trinajstić information content (AvgIpc) is 3.24. The number of rotatable bonds is 5. The zero-order chi connectivity index (χ0) is 25.0. The highest BCUT2D eigenvalue weighted by Crippen LogP contribution is 2.28. The number of nitrogens with one attached hydrogen (secondary N) is 3. The van der Waals surface area contributed by atoms with Gasteiger partial charge < -0.3 is 10.1 Å². The van der Waals surface area contributed by atoms with E-state index in [-0.39, 0.29) is 33.7 Å². The summed E-state index contributed by atoms with van der Waals surface area (Å²) in [6.45, 7) is 5.56. The van der Waals surface area contributed by atoms with Crippen molar-refractivity contribution in [3.05, 3.63) is 69.1 Å². The molecule has 0 atom stereocenters. The van der Waals surface area contributed by atoms with Gasteiger partial charge in [-0.3, -0.25) is 15.0 Å². The van der Waals surface area contributed by atoms with Gasteiger partial charge in [0.25, 0.3) is 11.8 Å². The molecule has 0 unspecified atom stereocenters. The first-order valence-corrected chi connectivity index (χ1v) is 10.8. The second kappa shape index (κ2) is 10.5. The van der Waals surface area contributed by atoms with E-state index in [0.717, 1.165) is 7.11 Å². The largest absolute Gasteiger partial charge is 0.452 e. The number of methoxy groups -OCH3 is 1. The van der Waals surface area contributed by atoms with Gasteiger partial charge in [-0.05, 0) is 48.7 Å². The summed E-state index contributed by atoms with van der Waals surface area (Å²) >= 11 is 12.4. The van der Waals surface area contributed by atoms with Crippen molar-refractivity contribution >= 4 is 46.8 Å². The van der Waals surface area contributed by atoms with Gasteiger partial charge in [0.2, 0.25) is 0 Å². The lowest BCUT2D eigenvalue weighted by Crippen LogP contribution is -2.41. The number of aromatic nitrogens is 3. The zero-order valence-electron chi connectivity index (χ0n) is 18.8. The van der Waals surface area contributed by atoms with E-state index in [1.165, 1.54) is 10.7 Å². The Labute approximate surface area is 205 Å². The van der Waals surface area contributed by atoms with E-state index >= 15 is 0 Å². The molecule has 178 valence electrons. The summed E-state index contributed by atoms with van der Waals surface area (Å²) < 4.78 is 5.79. The molecule has 3 aromatic rings. The number of ether oxygens (including phenoxy) is 1. The molecule has 2 aromatic heterocycles. The molecule has 0 fully saturated rings. The lowest BCUT2D eigenvalue weighted by atomic mass is 10.1. The number of amides is 3. The van der Waals surface area contributed by atoms with Crippen LogP contribution in [0.25, 0.3) is 5.82 Å². The van der Waals surface area contributed by atoms with Gasteiger partial charge in [0.05, 0.1) is 29.1 Å². The lowest BCUT2D eigenvalue weighted by molar-refractivity contribution is 0.0921. The Morgan fingerprint density at radius 1 is 1.09 bits per heavy atom. The van der Waals surface area contributed by atoms with Crippen LogP contribution in [0.15, 0.2) is 36.5 Å². The Morgan fingerprint density at radius 3 is 2.47 bits per heavy atom. The van der Waals surface area contributed by atoms with Gasteiger partial charge in [0, 0.05) is 11.2 Å². The molecule has 0 spiro atoms. The molecule has 1 aromatic carbocycles. The molecule has 0 bridgehead atoms. The van der Waals surface area contributed by atoms with Crippen LogP contribution in [-0.4, -0.2) is 39.8 Å². The van der Waals surface area contributed by atoms with E-state index in [0.29, 0.717) is 16.3 Å². The first-order chi connectivity index (χ1) is 16.1. The van der Waals surface area contributed by atoms with Crippen molar-refractivity contribution in [3.8, 4) is 5.82 Å². The van der Waals surface area contributed by atoms with E-state index in [1.807, 2.05) is 13.8 Å². The average molecular weight is 505 g/mol. The van der Waals surface area contributed by atoms with Gasteiger partial charge in [-0.1, -0.05) is 37.0 Å². The summed E-state index contributed by atoms with van der Waals surface area (Å²) in [7, 11) is 1.15. The quantitative estimate of drug-likeness (QED) is 0.445. The van der Waals surface area contributed by atoms with Crippen LogP contribution in [0.1, 0.15) is 51.9 Å². The molecule has 0 aliphatic rings. The number of aryl methyl sites for hydroxylation is 1. The Bertz CT molecular complexity index is 1260. The number of halogens is 2. The molecule has 3 N–H and O–H groups in total. The van der Waals surface area contributed by atoms with Gasteiger partial charge in [-0.25, -0.2) is 19.9 Å². The topological polar surface area (TPSA) is 127 Å². The number of hydrogen-bond donors (Lipinski definition) is 3. The molecule has 0 saturated carbocycles. The van der Waals surface area contributed by atoms with Crippen molar-refractivity contribution < 1.29 is 19.1 Å². The van der Waals surface area contributed by atoms with E-state index in [2.05, 4.69) is 31.0 Å². The molecule has 10 nitrogen and oxygen atoms in total. The monoisotopic (exact) mass is 504 g/mol. The second-order valence-corrected chi connectivity index (χ2v) is 8.34. The van der Waals surface area contributed by atoms with Crippen LogP contribution in [0.2, 0.25) is 10.0 Å². The molecular weight excluding hydrogens is 483 g/mol. The first-order valence-electron chi connectivity index (χ1n) is 10.1. The Kier molecular flexibility index (Phi) is 7.75. The normalized spacial score (nSPS) is 10.7. The fourth-order valence-corrected chi connectivity index (χ4v) is 3.50. The minimum absolute atomic E-state index is 0.0262. The van der Waals surface area contributed by atoms with Crippen LogP contribution < -0.4 is 16.2 Å². The summed E-state index contributed by atoms with van der Waals surface area (Å²) in [5, 5.41) is 7.84. The van der Waals surface area contributed by atoms with Gasteiger partial charge in [0.1, 0.15) is 5.69 Å². The fraction of sp³-hybridized carbons (Fsp3) is 0.227. The van der Waals surface area contributed by atoms with Crippen molar-refractivity contribution in [2.24, 2.45) is 0 Å². The molecule has 0 radical (unpaired) electrons. The SMILES string of the molecule is COC(=O)NNC(=O)c1cc(Cl)cc(C)c1NC(=O)c1cc(C(C)C)nn1-c1ncccc1Cl. The van der Waals surface area contributed by atoms with Crippen LogP contribution in [0.3, 0.4) is 0 Å². The maximum absolute atomic E-state index is 13.4. The van der Waals surface area contributed by atoms with Gasteiger partial charge in [0.15, 0.2) is 5.82 Å². The number of hydrogen-bond acceptors (Lipinski definition) is 6. The summed E-state index contributed by atoms with van der Waals surface area (Å²) in [6.07, 6.45) is 0.676. The molecule has 34 heavy (non-hydrogen) atoms. The summed E-state index contributed by atoms with van der Waals surface area (Å²) in [6, 6.07) is 7.90. The van der Waals surface area contributed by atoms with Crippen LogP contribution in [0.5, 0.6) is 0 Å². The van der Waals surface area contributed by atoms with Gasteiger partial charge in [-0.15, -0.1) is 0 Å². The van der Waals surface area contributed by atoms with Crippen LogP contribution in [0.4, 0.5) is 10.5 Å². The number of hydrazine groups is 1. The molecule has 0 aliphatic heterocycles. The van der Waals surface area contributed by atoms with Gasteiger partial charge in [-0.2, -0.15) is 5.10 Å². The third kappa shape index (κ3) is 5.46. The molecule has 2 heterocycles. The van der Waals surface area contributed by atoms with E-state index < -0.39 is 17.9 Å². The lowest BCUT2D eigenvalue weighted by Gasteiger charge is -2.15. The standard InChI is InChI=1S/C22H22Cl2N6O4/c1-11(2)16-10-17(30(29-16)19-15(24)6-5-7-25-19)21(32)26-18-12(3)8-13(23)9-14(18)20(31)27-28-22(33)34-4/h5-11H,1-4H3,(H,26,32)(H,27,31)(H,28,33). The minimum atomic E-state index is -0.866. The first kappa shape index (κ1) is 25.0. The Balaban J connectivity index is 2.01. The molecule has 0 aliphatic carbocycles. The van der Waals surface area contributed by atoms with E-state index in [1.54, 1.807) is 37.4 Å². The van der Waals surface area contributed by atoms with E-state index in [9.17, 15) is 14.4 Å². The zero-order valence-corrected chi connectivity index (χ0v) is 20.3. The molecule has 12 heteroatoms. The summed E-state index contributed by atoms with van der Waals surface area (Å²) in [5.41, 5.74) is 5.85. The van der Waals surface area contributed by atoms with Crippen molar-refractivity contribution in [2.45, 2.75) is 26.7 Å². The number of carbonyl (C=O) groups is 3. The highest BCUT2D eigenvalue weighted by atomic mass is 35.5. The van der Waals surface area contributed by atoms with Crippen molar-refractivity contribution in [1.82, 2.24) is 25.6 Å². The maximum atomic E-state index is 13.4. The number of pyridine rings is 1. The highest BCUT2D eigenvalue weighted by molar-refractivity contribution is 6.32. The Hall–Kier alpha value is -3.63. The Morgan fingerprint density at radius 2 is 1.82 bits per heavy atom. The van der Waals surface area contributed by atoms with Crippen LogP contribution >= 0.6 is 23.2 Å². The van der Waals surface area contributed by atoms with Crippen LogP contribution in [0, 0.1) is 6.92 Å². The molecule has 3 rings (SSSR count). The molecular formula is C22H22Cl2N6O4. The number of carbonyl (C=O) groups excluding carboxylic acids is 3. The second-order valence-electron chi connectivity index (χ2n) is 7.50.